The molecule has 0 radical (unpaired) electrons. The van der Waals surface area contributed by atoms with Gasteiger partial charge in [0, 0.05) is 12.3 Å². The zero-order valence-electron chi connectivity index (χ0n) is 5.54. The van der Waals surface area contributed by atoms with Gasteiger partial charge in [0.25, 0.3) is 0 Å². The molecule has 1 fully saturated rings. The van der Waals surface area contributed by atoms with Gasteiger partial charge in [-0.15, -0.1) is 0 Å². The molecule has 0 unspecified atom stereocenters. The van der Waals surface area contributed by atoms with E-state index in [4.69, 9.17) is 0 Å². The van der Waals surface area contributed by atoms with Crippen LogP contribution in [0.2, 0.25) is 0 Å². The van der Waals surface area contributed by atoms with Gasteiger partial charge in [-0.1, -0.05) is 0 Å². The molecule has 1 atom stereocenters. The molecule has 0 amide bonds. The molecular weight excluding hydrogens is 144 g/mol. The average molecular weight is 152 g/mol. The van der Waals surface area contributed by atoms with Crippen LogP contribution < -0.4 is 0 Å². The lowest BCUT2D eigenvalue weighted by molar-refractivity contribution is -0.125. The molecule has 0 aromatic carbocycles. The molecule has 1 aromatic heterocycles. The van der Waals surface area contributed by atoms with Crippen LogP contribution in [0.1, 0.15) is 24.3 Å². The smallest absolute Gasteiger partial charge is 0.140 e. The van der Waals surface area contributed by atoms with Crippen LogP contribution in [0.15, 0.2) is 16.8 Å². The van der Waals surface area contributed by atoms with Crippen molar-refractivity contribution in [2.24, 2.45) is 0 Å². The molecule has 1 saturated carbocycles. The van der Waals surface area contributed by atoms with Crippen LogP contribution in [0, 0.1) is 0 Å². The van der Waals surface area contributed by atoms with E-state index in [1.165, 1.54) is 5.56 Å². The van der Waals surface area contributed by atoms with Gasteiger partial charge in [-0.2, -0.15) is 11.3 Å². The van der Waals surface area contributed by atoms with E-state index in [0.29, 0.717) is 5.78 Å². The normalized spacial score (nSPS) is 24.4. The Morgan fingerprint density at radius 3 is 2.90 bits per heavy atom. The Kier molecular flexibility index (Phi) is 1.34. The molecule has 0 bridgehead atoms. The van der Waals surface area contributed by atoms with Gasteiger partial charge in [0.2, 0.25) is 0 Å². The van der Waals surface area contributed by atoms with Crippen molar-refractivity contribution in [3.8, 4) is 0 Å². The molecule has 0 spiro atoms. The maximum absolute atomic E-state index is 10.9. The van der Waals surface area contributed by atoms with Gasteiger partial charge < -0.3 is 0 Å². The summed E-state index contributed by atoms with van der Waals surface area (Å²) in [5.74, 6) is 0.671. The van der Waals surface area contributed by atoms with E-state index < -0.39 is 0 Å². The first-order chi connectivity index (χ1) is 4.88. The maximum Gasteiger partial charge on any atom is 0.140 e. The Balaban J connectivity index is 2.21. The van der Waals surface area contributed by atoms with Crippen molar-refractivity contribution < 1.29 is 4.79 Å². The highest BCUT2D eigenvalue weighted by molar-refractivity contribution is 7.08. The quantitative estimate of drug-likeness (QED) is 0.603. The third-order valence-corrected chi connectivity index (χ3v) is 2.72. The fourth-order valence-corrected chi connectivity index (χ4v) is 1.95. The van der Waals surface area contributed by atoms with Gasteiger partial charge in [-0.05, 0) is 28.8 Å². The lowest BCUT2D eigenvalue weighted by Gasteiger charge is -2.22. The average Bonchev–Trinajstić information content (AvgIpc) is 2.37. The lowest BCUT2D eigenvalue weighted by Crippen LogP contribution is -2.22. The minimum Gasteiger partial charge on any atom is -0.299 e. The molecule has 2 heteroatoms. The van der Waals surface area contributed by atoms with Gasteiger partial charge in [0.05, 0.1) is 0 Å². The predicted octanol–water partition coefficient (Wildman–Crippen LogP) is 2.19. The third kappa shape index (κ3) is 0.797. The number of carbonyl (C=O) groups is 1. The second kappa shape index (κ2) is 2.20. The molecule has 0 aliphatic heterocycles. The van der Waals surface area contributed by atoms with Crippen LogP contribution in [0.25, 0.3) is 0 Å². The van der Waals surface area contributed by atoms with Crippen LogP contribution >= 0.6 is 11.3 Å². The minimum atomic E-state index is 0.256. The van der Waals surface area contributed by atoms with Crippen molar-refractivity contribution >= 4 is 17.1 Å². The fraction of sp³-hybridized carbons (Fsp3) is 0.375. The van der Waals surface area contributed by atoms with E-state index in [1.807, 2.05) is 11.4 Å². The van der Waals surface area contributed by atoms with Crippen molar-refractivity contribution in [1.29, 1.82) is 0 Å². The zero-order valence-corrected chi connectivity index (χ0v) is 6.36. The van der Waals surface area contributed by atoms with E-state index in [9.17, 15) is 4.79 Å². The molecule has 2 rings (SSSR count). The van der Waals surface area contributed by atoms with E-state index >= 15 is 0 Å². The van der Waals surface area contributed by atoms with Crippen LogP contribution in [0.3, 0.4) is 0 Å². The summed E-state index contributed by atoms with van der Waals surface area (Å²) in [6.45, 7) is 0. The number of Topliss-reactive ketones (excluding diaryl/α,β-unsaturated/α-hetero) is 1. The number of thiophene rings is 1. The molecule has 0 N–H and O–H groups in total. The van der Waals surface area contributed by atoms with Gasteiger partial charge in [0.15, 0.2) is 0 Å². The Hall–Kier alpha value is -0.630. The predicted molar refractivity (Wildman–Crippen MR) is 41.3 cm³/mol. The Labute approximate surface area is 63.7 Å². The standard InChI is InChI=1S/C8H8OS/c9-8-2-1-7(8)6-3-4-10-5-6/h3-5,7H,1-2H2/t7-/m0/s1. The van der Waals surface area contributed by atoms with Crippen molar-refractivity contribution in [2.75, 3.05) is 0 Å². The highest BCUT2D eigenvalue weighted by Gasteiger charge is 2.29. The van der Waals surface area contributed by atoms with Gasteiger partial charge in [-0.25, -0.2) is 0 Å². The van der Waals surface area contributed by atoms with Gasteiger partial charge in [-0.3, -0.25) is 4.79 Å². The molecule has 1 aromatic rings. The first kappa shape index (κ1) is 6.10. The van der Waals surface area contributed by atoms with Crippen LogP contribution in [-0.2, 0) is 4.79 Å². The molecular formula is C8H8OS. The van der Waals surface area contributed by atoms with E-state index in [-0.39, 0.29) is 5.92 Å². The van der Waals surface area contributed by atoms with Gasteiger partial charge >= 0.3 is 0 Å². The Morgan fingerprint density at radius 2 is 2.50 bits per heavy atom. The van der Waals surface area contributed by atoms with Crippen molar-refractivity contribution in [3.05, 3.63) is 22.4 Å². The summed E-state index contributed by atoms with van der Waals surface area (Å²) in [6, 6.07) is 2.05. The molecule has 10 heavy (non-hydrogen) atoms. The van der Waals surface area contributed by atoms with E-state index in [0.717, 1.165) is 12.8 Å². The summed E-state index contributed by atoms with van der Waals surface area (Å²) in [5.41, 5.74) is 1.22. The lowest BCUT2D eigenvalue weighted by atomic mass is 9.80. The SMILES string of the molecule is O=C1CC[C@H]1c1ccsc1. The molecule has 1 aliphatic rings. The Morgan fingerprint density at radius 1 is 1.60 bits per heavy atom. The summed E-state index contributed by atoms with van der Waals surface area (Å²) in [4.78, 5) is 10.9. The Bertz CT molecular complexity index is 238. The minimum absolute atomic E-state index is 0.256. The summed E-state index contributed by atoms with van der Waals surface area (Å²) in [7, 11) is 0. The van der Waals surface area contributed by atoms with E-state index in [1.54, 1.807) is 11.3 Å². The topological polar surface area (TPSA) is 17.1 Å². The highest BCUT2D eigenvalue weighted by atomic mass is 32.1. The monoisotopic (exact) mass is 152 g/mol. The van der Waals surface area contributed by atoms with Crippen molar-refractivity contribution in [3.63, 3.8) is 0 Å². The highest BCUT2D eigenvalue weighted by Crippen LogP contribution is 2.33. The first-order valence-electron chi connectivity index (χ1n) is 3.43. The fourth-order valence-electron chi connectivity index (χ4n) is 1.23. The van der Waals surface area contributed by atoms with Crippen LogP contribution in [0.4, 0.5) is 0 Å². The van der Waals surface area contributed by atoms with Gasteiger partial charge in [0.1, 0.15) is 5.78 Å². The summed E-state index contributed by atoms with van der Waals surface area (Å²) >= 11 is 1.67. The molecule has 1 heterocycles. The maximum atomic E-state index is 10.9. The van der Waals surface area contributed by atoms with Crippen LogP contribution in [0.5, 0.6) is 0 Å². The number of hydrogen-bond acceptors (Lipinski definition) is 2. The van der Waals surface area contributed by atoms with Crippen LogP contribution in [-0.4, -0.2) is 5.78 Å². The summed E-state index contributed by atoms with van der Waals surface area (Å²) in [5, 5.41) is 4.10. The molecule has 52 valence electrons. The molecule has 0 saturated heterocycles. The third-order valence-electron chi connectivity index (χ3n) is 2.01. The second-order valence-electron chi connectivity index (χ2n) is 2.61. The summed E-state index contributed by atoms with van der Waals surface area (Å²) < 4.78 is 0. The number of hydrogen-bond donors (Lipinski definition) is 0. The number of ketones is 1. The molecule has 1 nitrogen and oxygen atoms in total. The van der Waals surface area contributed by atoms with Crippen molar-refractivity contribution in [2.45, 2.75) is 18.8 Å². The summed E-state index contributed by atoms with van der Waals surface area (Å²) in [6.07, 6.45) is 1.86. The second-order valence-corrected chi connectivity index (χ2v) is 3.39. The number of carbonyl (C=O) groups excluding carboxylic acids is 1. The zero-order chi connectivity index (χ0) is 6.97. The number of rotatable bonds is 1. The molecule has 1 aliphatic carbocycles. The first-order valence-corrected chi connectivity index (χ1v) is 4.37. The van der Waals surface area contributed by atoms with Crippen molar-refractivity contribution in [1.82, 2.24) is 0 Å². The largest absolute Gasteiger partial charge is 0.299 e. The van der Waals surface area contributed by atoms with E-state index in [2.05, 4.69) is 5.38 Å².